The van der Waals surface area contributed by atoms with Crippen LogP contribution >= 0.6 is 12.4 Å². The predicted octanol–water partition coefficient (Wildman–Crippen LogP) is 1.60. The first-order valence-corrected chi connectivity index (χ1v) is 5.78. The average molecular weight is 281 g/mol. The zero-order valence-corrected chi connectivity index (χ0v) is 11.5. The molecule has 2 aromatic rings. The number of amides is 1. The van der Waals surface area contributed by atoms with Gasteiger partial charge in [0, 0.05) is 19.7 Å². The Balaban J connectivity index is 0.00000180. The molecule has 5 nitrogen and oxygen atoms in total. The van der Waals surface area contributed by atoms with Crippen molar-refractivity contribution in [3.8, 4) is 0 Å². The van der Waals surface area contributed by atoms with Crippen LogP contribution in [0.3, 0.4) is 0 Å². The number of nitrogens with two attached hydrogens (primary N) is 1. The van der Waals surface area contributed by atoms with Gasteiger partial charge >= 0.3 is 0 Å². The zero-order chi connectivity index (χ0) is 13.0. The van der Waals surface area contributed by atoms with Crippen molar-refractivity contribution in [2.45, 2.75) is 6.42 Å². The number of halogens is 1. The summed E-state index contributed by atoms with van der Waals surface area (Å²) in [6.07, 6.45) is 0.906. The third-order valence-corrected chi connectivity index (χ3v) is 2.69. The highest BCUT2D eigenvalue weighted by Gasteiger charge is 2.08. The highest BCUT2D eigenvalue weighted by atomic mass is 35.5. The number of aromatic nitrogens is 2. The highest BCUT2D eigenvalue weighted by Crippen LogP contribution is 2.08. The molecule has 0 fully saturated rings. The fourth-order valence-electron chi connectivity index (χ4n) is 1.76. The number of hydrogen-bond acceptors (Lipinski definition) is 3. The molecule has 0 aliphatic carbocycles. The Labute approximate surface area is 118 Å². The van der Waals surface area contributed by atoms with Crippen LogP contribution in [0, 0.1) is 0 Å². The fraction of sp³-hybridized carbons (Fsp3) is 0.231. The van der Waals surface area contributed by atoms with Gasteiger partial charge in [-0.1, -0.05) is 30.3 Å². The first kappa shape index (κ1) is 15.0. The molecule has 0 atom stereocenters. The van der Waals surface area contributed by atoms with Crippen LogP contribution in [0.1, 0.15) is 16.1 Å². The molecule has 6 heteroatoms. The quantitative estimate of drug-likeness (QED) is 0.874. The molecule has 0 spiro atoms. The largest absolute Gasteiger partial charge is 0.368 e. The molecule has 0 bridgehead atoms. The van der Waals surface area contributed by atoms with Crippen LogP contribution in [-0.2, 0) is 13.5 Å². The van der Waals surface area contributed by atoms with Crippen LogP contribution in [0.4, 0.5) is 5.82 Å². The van der Waals surface area contributed by atoms with Crippen molar-refractivity contribution < 1.29 is 4.79 Å². The van der Waals surface area contributed by atoms with Gasteiger partial charge in [0.15, 0.2) is 0 Å². The van der Waals surface area contributed by atoms with E-state index in [0.29, 0.717) is 11.5 Å². The monoisotopic (exact) mass is 280 g/mol. The second-order valence-corrected chi connectivity index (χ2v) is 4.07. The van der Waals surface area contributed by atoms with Crippen molar-refractivity contribution in [3.63, 3.8) is 0 Å². The number of aryl methyl sites for hydroxylation is 1. The number of carbonyl (C=O) groups excluding carboxylic acids is 1. The van der Waals surface area contributed by atoms with Gasteiger partial charge in [-0.3, -0.25) is 9.48 Å². The Hall–Kier alpha value is -2.01. The Morgan fingerprint density at radius 1 is 1.37 bits per heavy atom. The predicted molar refractivity (Wildman–Crippen MR) is 77.6 cm³/mol. The van der Waals surface area contributed by atoms with E-state index in [1.807, 2.05) is 18.2 Å². The second kappa shape index (κ2) is 6.80. The van der Waals surface area contributed by atoms with E-state index in [1.165, 1.54) is 10.2 Å². The molecule has 2 rings (SSSR count). The van der Waals surface area contributed by atoms with Gasteiger partial charge in [0.05, 0.1) is 0 Å². The van der Waals surface area contributed by atoms with E-state index in [-0.39, 0.29) is 12.4 Å². The molecule has 19 heavy (non-hydrogen) atoms. The second-order valence-electron chi connectivity index (χ2n) is 4.07. The number of rotatable bonds is 5. The van der Waals surface area contributed by atoms with Crippen molar-refractivity contribution in [2.24, 2.45) is 12.8 Å². The summed E-state index contributed by atoms with van der Waals surface area (Å²) in [7, 11) is 1.70. The SMILES string of the molecule is Cl.Cn1nc(NCCc2ccccc2)cc1C(N)=O. The first-order chi connectivity index (χ1) is 8.66. The summed E-state index contributed by atoms with van der Waals surface area (Å²) in [4.78, 5) is 11.1. The number of carbonyl (C=O) groups is 1. The smallest absolute Gasteiger partial charge is 0.267 e. The Morgan fingerprint density at radius 2 is 2.05 bits per heavy atom. The Bertz CT molecular complexity index is 539. The van der Waals surface area contributed by atoms with Crippen LogP contribution in [0.5, 0.6) is 0 Å². The molecule has 102 valence electrons. The minimum atomic E-state index is -0.471. The van der Waals surface area contributed by atoms with E-state index in [1.54, 1.807) is 13.1 Å². The lowest BCUT2D eigenvalue weighted by atomic mass is 10.1. The number of nitrogens with zero attached hydrogens (tertiary/aromatic N) is 2. The van der Waals surface area contributed by atoms with Gasteiger partial charge < -0.3 is 11.1 Å². The molecule has 0 radical (unpaired) electrons. The van der Waals surface area contributed by atoms with E-state index in [9.17, 15) is 4.79 Å². The molecule has 0 aliphatic heterocycles. The highest BCUT2D eigenvalue weighted by molar-refractivity contribution is 5.91. The maximum absolute atomic E-state index is 11.1. The lowest BCUT2D eigenvalue weighted by Gasteiger charge is -2.02. The van der Waals surface area contributed by atoms with Gasteiger partial charge in [-0.15, -0.1) is 12.4 Å². The van der Waals surface area contributed by atoms with Crippen LogP contribution in [-0.4, -0.2) is 22.2 Å². The normalized spacial score (nSPS) is 9.74. The van der Waals surface area contributed by atoms with Gasteiger partial charge in [-0.25, -0.2) is 0 Å². The summed E-state index contributed by atoms with van der Waals surface area (Å²) in [5.41, 5.74) is 6.88. The molecule has 0 aliphatic rings. The number of anilines is 1. The van der Waals surface area contributed by atoms with Crippen LogP contribution in [0.15, 0.2) is 36.4 Å². The molecule has 3 N–H and O–H groups in total. The minimum absolute atomic E-state index is 0. The van der Waals surface area contributed by atoms with Gasteiger partial charge in [-0.2, -0.15) is 5.10 Å². The van der Waals surface area contributed by atoms with Gasteiger partial charge in [0.1, 0.15) is 11.5 Å². The van der Waals surface area contributed by atoms with Crippen molar-refractivity contribution in [2.75, 3.05) is 11.9 Å². The minimum Gasteiger partial charge on any atom is -0.368 e. The number of benzene rings is 1. The van der Waals surface area contributed by atoms with E-state index < -0.39 is 5.91 Å². The van der Waals surface area contributed by atoms with Crippen molar-refractivity contribution in [3.05, 3.63) is 47.7 Å². The van der Waals surface area contributed by atoms with Crippen LogP contribution in [0.25, 0.3) is 0 Å². The standard InChI is InChI=1S/C13H16N4O.ClH/c1-17-11(13(14)18)9-12(16-17)15-8-7-10-5-3-2-4-6-10;/h2-6,9H,7-8H2,1H3,(H2,14,18)(H,15,16);1H. The van der Waals surface area contributed by atoms with E-state index in [2.05, 4.69) is 22.5 Å². The summed E-state index contributed by atoms with van der Waals surface area (Å²) >= 11 is 0. The molecule has 1 aromatic heterocycles. The summed E-state index contributed by atoms with van der Waals surface area (Å²) in [5, 5.41) is 7.34. The molecular weight excluding hydrogens is 264 g/mol. The molecular formula is C13H17ClN4O. The summed E-state index contributed by atoms with van der Waals surface area (Å²) in [6.45, 7) is 0.763. The summed E-state index contributed by atoms with van der Waals surface area (Å²) in [6, 6.07) is 11.8. The maximum Gasteiger partial charge on any atom is 0.267 e. The van der Waals surface area contributed by atoms with Crippen molar-refractivity contribution in [1.29, 1.82) is 0 Å². The van der Waals surface area contributed by atoms with Crippen molar-refractivity contribution in [1.82, 2.24) is 9.78 Å². The molecule has 0 unspecified atom stereocenters. The maximum atomic E-state index is 11.1. The zero-order valence-electron chi connectivity index (χ0n) is 10.7. The molecule has 1 amide bonds. The van der Waals surface area contributed by atoms with E-state index in [4.69, 9.17) is 5.73 Å². The Kier molecular flexibility index (Phi) is 5.38. The van der Waals surface area contributed by atoms with E-state index in [0.717, 1.165) is 13.0 Å². The van der Waals surface area contributed by atoms with Crippen molar-refractivity contribution >= 4 is 24.1 Å². The molecule has 1 aromatic carbocycles. The summed E-state index contributed by atoms with van der Waals surface area (Å²) < 4.78 is 1.48. The van der Waals surface area contributed by atoms with Gasteiger partial charge in [0.25, 0.3) is 5.91 Å². The third-order valence-electron chi connectivity index (χ3n) is 2.69. The number of primary amides is 1. The number of hydrogen-bond donors (Lipinski definition) is 2. The van der Waals surface area contributed by atoms with Crippen LogP contribution < -0.4 is 11.1 Å². The van der Waals surface area contributed by atoms with Gasteiger partial charge in [-0.05, 0) is 12.0 Å². The average Bonchev–Trinajstić information content (AvgIpc) is 2.72. The third kappa shape index (κ3) is 3.99. The number of nitrogens with one attached hydrogen (secondary N) is 1. The first-order valence-electron chi connectivity index (χ1n) is 5.78. The topological polar surface area (TPSA) is 72.9 Å². The lowest BCUT2D eigenvalue weighted by Crippen LogP contribution is -2.15. The lowest BCUT2D eigenvalue weighted by molar-refractivity contribution is 0.0991. The van der Waals surface area contributed by atoms with Crippen LogP contribution in [0.2, 0.25) is 0 Å². The Morgan fingerprint density at radius 3 is 2.63 bits per heavy atom. The fourth-order valence-corrected chi connectivity index (χ4v) is 1.76. The molecule has 0 saturated heterocycles. The summed E-state index contributed by atoms with van der Waals surface area (Å²) in [5.74, 6) is 0.198. The molecule has 1 heterocycles. The van der Waals surface area contributed by atoms with Gasteiger partial charge in [0.2, 0.25) is 0 Å². The van der Waals surface area contributed by atoms with E-state index >= 15 is 0 Å². The molecule has 0 saturated carbocycles.